The summed E-state index contributed by atoms with van der Waals surface area (Å²) in [7, 11) is 0. The molecule has 0 aromatic rings. The Bertz CT molecular complexity index is 230. The summed E-state index contributed by atoms with van der Waals surface area (Å²) in [6.45, 7) is 10.2. The SMILES string of the molecule is CC(C)(C)CC(C)(C)OC(=O)CCC(N)N. The first-order chi connectivity index (χ1) is 7.02. The van der Waals surface area contributed by atoms with Crippen LogP contribution >= 0.6 is 0 Å². The summed E-state index contributed by atoms with van der Waals surface area (Å²) >= 11 is 0. The van der Waals surface area contributed by atoms with Crippen molar-refractivity contribution < 1.29 is 9.53 Å². The number of rotatable bonds is 5. The van der Waals surface area contributed by atoms with Crippen LogP contribution in [0.5, 0.6) is 0 Å². The van der Waals surface area contributed by atoms with E-state index in [0.717, 1.165) is 6.42 Å². The molecule has 0 aromatic carbocycles. The molecule has 0 heterocycles. The highest BCUT2D eigenvalue weighted by atomic mass is 16.6. The fourth-order valence-electron chi connectivity index (χ4n) is 1.96. The number of ether oxygens (including phenoxy) is 1. The van der Waals surface area contributed by atoms with Crippen LogP contribution in [-0.2, 0) is 9.53 Å². The largest absolute Gasteiger partial charge is 0.460 e. The van der Waals surface area contributed by atoms with Crippen LogP contribution in [0.3, 0.4) is 0 Å². The summed E-state index contributed by atoms with van der Waals surface area (Å²) < 4.78 is 5.41. The third-order valence-electron chi connectivity index (χ3n) is 2.03. The highest BCUT2D eigenvalue weighted by molar-refractivity contribution is 5.69. The number of hydrogen-bond donors (Lipinski definition) is 2. The average molecular weight is 230 g/mol. The monoisotopic (exact) mass is 230 g/mol. The Morgan fingerprint density at radius 1 is 1.19 bits per heavy atom. The first-order valence-corrected chi connectivity index (χ1v) is 5.75. The minimum absolute atomic E-state index is 0.133. The van der Waals surface area contributed by atoms with Gasteiger partial charge < -0.3 is 16.2 Å². The predicted molar refractivity (Wildman–Crippen MR) is 65.6 cm³/mol. The summed E-state index contributed by atoms with van der Waals surface area (Å²) in [5.74, 6) is -0.227. The molecule has 0 saturated carbocycles. The van der Waals surface area contributed by atoms with Gasteiger partial charge in [0.15, 0.2) is 0 Å². The van der Waals surface area contributed by atoms with Gasteiger partial charge in [0.2, 0.25) is 0 Å². The van der Waals surface area contributed by atoms with Gasteiger partial charge in [-0.1, -0.05) is 20.8 Å². The summed E-state index contributed by atoms with van der Waals surface area (Å²) in [6, 6.07) is 0. The van der Waals surface area contributed by atoms with Crippen LogP contribution in [0.2, 0.25) is 0 Å². The molecule has 0 aliphatic rings. The first kappa shape index (κ1) is 15.4. The van der Waals surface area contributed by atoms with E-state index in [1.807, 2.05) is 13.8 Å². The molecule has 16 heavy (non-hydrogen) atoms. The molecule has 0 saturated heterocycles. The zero-order valence-electron chi connectivity index (χ0n) is 11.2. The zero-order valence-corrected chi connectivity index (χ0v) is 11.2. The van der Waals surface area contributed by atoms with E-state index >= 15 is 0 Å². The molecular formula is C12H26N2O2. The molecule has 4 heteroatoms. The van der Waals surface area contributed by atoms with E-state index in [1.165, 1.54) is 0 Å². The van der Waals surface area contributed by atoms with Gasteiger partial charge in [-0.25, -0.2) is 0 Å². The van der Waals surface area contributed by atoms with E-state index in [4.69, 9.17) is 16.2 Å². The highest BCUT2D eigenvalue weighted by Gasteiger charge is 2.28. The quantitative estimate of drug-likeness (QED) is 0.557. The molecular weight excluding hydrogens is 204 g/mol. The second-order valence-corrected chi connectivity index (χ2v) is 6.17. The van der Waals surface area contributed by atoms with Crippen molar-refractivity contribution in [3.63, 3.8) is 0 Å². The molecule has 0 rings (SSSR count). The van der Waals surface area contributed by atoms with Crippen molar-refractivity contribution in [3.8, 4) is 0 Å². The van der Waals surface area contributed by atoms with Crippen molar-refractivity contribution in [2.45, 2.75) is 65.6 Å². The number of esters is 1. The molecule has 0 atom stereocenters. The number of carbonyl (C=O) groups is 1. The third kappa shape index (κ3) is 8.68. The zero-order chi connectivity index (χ0) is 13.0. The maximum atomic E-state index is 11.5. The molecule has 0 radical (unpaired) electrons. The lowest BCUT2D eigenvalue weighted by atomic mass is 9.83. The first-order valence-electron chi connectivity index (χ1n) is 5.75. The Labute approximate surface area is 98.7 Å². The highest BCUT2D eigenvalue weighted by Crippen LogP contribution is 2.29. The molecule has 4 nitrogen and oxygen atoms in total. The smallest absolute Gasteiger partial charge is 0.306 e. The second kappa shape index (κ2) is 5.64. The molecule has 96 valence electrons. The lowest BCUT2D eigenvalue weighted by Gasteiger charge is -2.32. The fraction of sp³-hybridized carbons (Fsp3) is 0.917. The maximum absolute atomic E-state index is 11.5. The summed E-state index contributed by atoms with van der Waals surface area (Å²) in [5.41, 5.74) is 10.4. The van der Waals surface area contributed by atoms with Crippen LogP contribution in [-0.4, -0.2) is 17.7 Å². The van der Waals surface area contributed by atoms with Gasteiger partial charge >= 0.3 is 5.97 Å². The van der Waals surface area contributed by atoms with E-state index in [1.54, 1.807) is 0 Å². The topological polar surface area (TPSA) is 78.3 Å². The molecule has 0 bridgehead atoms. The maximum Gasteiger partial charge on any atom is 0.306 e. The Morgan fingerprint density at radius 3 is 2.06 bits per heavy atom. The van der Waals surface area contributed by atoms with Gasteiger partial charge in [-0.15, -0.1) is 0 Å². The predicted octanol–water partition coefficient (Wildman–Crippen LogP) is 1.77. The van der Waals surface area contributed by atoms with E-state index in [-0.39, 0.29) is 17.8 Å². The molecule has 0 amide bonds. The van der Waals surface area contributed by atoms with Crippen LogP contribution in [0.25, 0.3) is 0 Å². The second-order valence-electron chi connectivity index (χ2n) is 6.17. The van der Waals surface area contributed by atoms with Crippen molar-refractivity contribution in [2.24, 2.45) is 16.9 Å². The van der Waals surface area contributed by atoms with Crippen LogP contribution in [0.1, 0.15) is 53.9 Å². The van der Waals surface area contributed by atoms with Gasteiger partial charge in [0.05, 0.1) is 6.17 Å². The normalized spacial score (nSPS) is 13.0. The van der Waals surface area contributed by atoms with E-state index in [9.17, 15) is 4.79 Å². The molecule has 0 fully saturated rings. The van der Waals surface area contributed by atoms with Crippen molar-refractivity contribution in [1.29, 1.82) is 0 Å². The summed E-state index contributed by atoms with van der Waals surface area (Å²) in [5, 5.41) is 0. The van der Waals surface area contributed by atoms with Crippen LogP contribution < -0.4 is 11.5 Å². The summed E-state index contributed by atoms with van der Waals surface area (Å²) in [6.07, 6.45) is 1.12. The Morgan fingerprint density at radius 2 is 1.69 bits per heavy atom. The third-order valence-corrected chi connectivity index (χ3v) is 2.03. The van der Waals surface area contributed by atoms with Crippen molar-refractivity contribution in [1.82, 2.24) is 0 Å². The fourth-order valence-corrected chi connectivity index (χ4v) is 1.96. The lowest BCUT2D eigenvalue weighted by molar-refractivity contribution is -0.159. The van der Waals surface area contributed by atoms with Gasteiger partial charge in [-0.2, -0.15) is 0 Å². The van der Waals surface area contributed by atoms with E-state index in [2.05, 4.69) is 20.8 Å². The van der Waals surface area contributed by atoms with Crippen LogP contribution in [0.4, 0.5) is 0 Å². The number of hydrogen-bond acceptors (Lipinski definition) is 4. The molecule has 0 aromatic heterocycles. The van der Waals surface area contributed by atoms with Gasteiger partial charge in [0, 0.05) is 6.42 Å². The minimum atomic E-state index is -0.446. The van der Waals surface area contributed by atoms with Gasteiger partial charge in [0.25, 0.3) is 0 Å². The Hall–Kier alpha value is -0.610. The lowest BCUT2D eigenvalue weighted by Crippen LogP contribution is -2.35. The van der Waals surface area contributed by atoms with Crippen molar-refractivity contribution in [3.05, 3.63) is 0 Å². The van der Waals surface area contributed by atoms with E-state index < -0.39 is 11.8 Å². The van der Waals surface area contributed by atoms with Gasteiger partial charge in [-0.3, -0.25) is 4.79 Å². The molecule has 4 N–H and O–H groups in total. The average Bonchev–Trinajstić information content (AvgIpc) is 1.94. The van der Waals surface area contributed by atoms with Crippen LogP contribution in [0, 0.1) is 5.41 Å². The molecule has 0 aliphatic heterocycles. The standard InChI is InChI=1S/C12H26N2O2/c1-11(2,3)8-12(4,5)16-10(15)7-6-9(13)14/h9H,6-8,13-14H2,1-5H3. The van der Waals surface area contributed by atoms with Gasteiger partial charge in [-0.05, 0) is 32.1 Å². The molecule has 0 spiro atoms. The number of nitrogens with two attached hydrogens (primary N) is 2. The van der Waals surface area contributed by atoms with Crippen LogP contribution in [0.15, 0.2) is 0 Å². The minimum Gasteiger partial charge on any atom is -0.460 e. The number of carbonyl (C=O) groups excluding carboxylic acids is 1. The van der Waals surface area contributed by atoms with Crippen molar-refractivity contribution >= 4 is 5.97 Å². The van der Waals surface area contributed by atoms with Gasteiger partial charge in [0.1, 0.15) is 5.60 Å². The van der Waals surface area contributed by atoms with Crippen molar-refractivity contribution in [2.75, 3.05) is 0 Å². The molecule has 0 unspecified atom stereocenters. The summed E-state index contributed by atoms with van der Waals surface area (Å²) in [4.78, 5) is 11.5. The molecule has 0 aliphatic carbocycles. The van der Waals surface area contributed by atoms with E-state index in [0.29, 0.717) is 6.42 Å². The Kier molecular flexibility index (Phi) is 5.42. The Balaban J connectivity index is 4.10.